The minimum atomic E-state index is -3.80. The molecule has 0 aromatic heterocycles. The molecule has 0 aliphatic carbocycles. The average Bonchev–Trinajstić information content (AvgIpc) is 2.44. The first-order chi connectivity index (χ1) is 10.6. The molecule has 0 aliphatic heterocycles. The van der Waals surface area contributed by atoms with Crippen LogP contribution in [0, 0.1) is 11.7 Å². The van der Waals surface area contributed by atoms with Crippen molar-refractivity contribution in [2.75, 3.05) is 0 Å². The first kappa shape index (κ1) is 19.1. The SMILES string of the molecule is CC(C)[C@H](NC(=O)CC(C)S(=O)(=O)c1ccc(F)cc1)C(=O)O. The van der Waals surface area contributed by atoms with Gasteiger partial charge in [0.25, 0.3) is 0 Å². The first-order valence-electron chi connectivity index (χ1n) is 7.07. The Hall–Kier alpha value is -1.96. The van der Waals surface area contributed by atoms with Gasteiger partial charge >= 0.3 is 5.97 Å². The monoisotopic (exact) mass is 345 g/mol. The van der Waals surface area contributed by atoms with Crippen LogP contribution >= 0.6 is 0 Å². The van der Waals surface area contributed by atoms with E-state index in [4.69, 9.17) is 5.11 Å². The van der Waals surface area contributed by atoms with Gasteiger partial charge in [-0.05, 0) is 37.1 Å². The van der Waals surface area contributed by atoms with Crippen LogP contribution in [0.2, 0.25) is 0 Å². The van der Waals surface area contributed by atoms with Gasteiger partial charge in [-0.2, -0.15) is 0 Å². The topological polar surface area (TPSA) is 101 Å². The zero-order chi connectivity index (χ0) is 17.8. The normalized spacial score (nSPS) is 14.3. The van der Waals surface area contributed by atoms with Gasteiger partial charge in [-0.1, -0.05) is 13.8 Å². The predicted octanol–water partition coefficient (Wildman–Crippen LogP) is 1.60. The van der Waals surface area contributed by atoms with Crippen LogP contribution in [0.3, 0.4) is 0 Å². The van der Waals surface area contributed by atoms with Crippen molar-refractivity contribution < 1.29 is 27.5 Å². The summed E-state index contributed by atoms with van der Waals surface area (Å²) in [7, 11) is -3.80. The van der Waals surface area contributed by atoms with Crippen molar-refractivity contribution in [3.63, 3.8) is 0 Å². The highest BCUT2D eigenvalue weighted by molar-refractivity contribution is 7.92. The Morgan fingerprint density at radius 2 is 1.70 bits per heavy atom. The minimum absolute atomic E-state index is 0.0853. The number of sulfone groups is 1. The number of carbonyl (C=O) groups excluding carboxylic acids is 1. The van der Waals surface area contributed by atoms with Gasteiger partial charge in [-0.25, -0.2) is 17.6 Å². The molecule has 0 aliphatic rings. The van der Waals surface area contributed by atoms with E-state index in [1.54, 1.807) is 13.8 Å². The third-order valence-corrected chi connectivity index (χ3v) is 5.55. The molecule has 1 amide bonds. The van der Waals surface area contributed by atoms with Crippen LogP contribution in [0.1, 0.15) is 27.2 Å². The summed E-state index contributed by atoms with van der Waals surface area (Å²) in [5.41, 5.74) is 0. The zero-order valence-electron chi connectivity index (χ0n) is 13.1. The van der Waals surface area contributed by atoms with Gasteiger partial charge < -0.3 is 10.4 Å². The van der Waals surface area contributed by atoms with E-state index in [2.05, 4.69) is 5.32 Å². The fourth-order valence-electron chi connectivity index (χ4n) is 1.97. The van der Waals surface area contributed by atoms with Crippen molar-refractivity contribution in [2.45, 2.75) is 43.4 Å². The molecule has 0 fully saturated rings. The van der Waals surface area contributed by atoms with Crippen LogP contribution in [-0.4, -0.2) is 36.7 Å². The predicted molar refractivity (Wildman–Crippen MR) is 82.1 cm³/mol. The molecule has 0 radical (unpaired) electrons. The number of carboxylic acids is 1. The molecule has 0 saturated carbocycles. The Kier molecular flexibility index (Phi) is 6.26. The summed E-state index contributed by atoms with van der Waals surface area (Å²) in [6.07, 6.45) is -0.379. The number of benzene rings is 1. The van der Waals surface area contributed by atoms with Crippen LogP contribution in [0.15, 0.2) is 29.2 Å². The van der Waals surface area contributed by atoms with Crippen molar-refractivity contribution in [2.24, 2.45) is 5.92 Å². The molecular weight excluding hydrogens is 325 g/mol. The number of carboxylic acid groups (broad SMARTS) is 1. The summed E-state index contributed by atoms with van der Waals surface area (Å²) in [6.45, 7) is 4.62. The standard InChI is InChI=1S/C15H20FNO5S/c1-9(2)14(15(19)20)17-13(18)8-10(3)23(21,22)12-6-4-11(16)5-7-12/h4-7,9-10,14H,8H2,1-3H3,(H,17,18)(H,19,20)/t10?,14-/m0/s1. The van der Waals surface area contributed by atoms with Gasteiger partial charge in [0, 0.05) is 6.42 Å². The summed E-state index contributed by atoms with van der Waals surface area (Å²) in [6, 6.07) is 3.24. The van der Waals surface area contributed by atoms with Crippen molar-refractivity contribution in [1.29, 1.82) is 0 Å². The second kappa shape index (κ2) is 7.54. The highest BCUT2D eigenvalue weighted by atomic mass is 32.2. The fourth-order valence-corrected chi connectivity index (χ4v) is 3.32. The molecule has 128 valence electrons. The van der Waals surface area contributed by atoms with Crippen molar-refractivity contribution in [3.05, 3.63) is 30.1 Å². The molecule has 2 atom stereocenters. The molecule has 0 bridgehead atoms. The first-order valence-corrected chi connectivity index (χ1v) is 8.62. The Labute approximate surface area is 134 Å². The van der Waals surface area contributed by atoms with Gasteiger partial charge in [-0.3, -0.25) is 4.79 Å². The summed E-state index contributed by atoms with van der Waals surface area (Å²) in [5, 5.41) is 10.3. The lowest BCUT2D eigenvalue weighted by molar-refractivity contribution is -0.143. The number of nitrogens with one attached hydrogen (secondary N) is 1. The van der Waals surface area contributed by atoms with Crippen molar-refractivity contribution in [3.8, 4) is 0 Å². The molecule has 2 N–H and O–H groups in total. The van der Waals surface area contributed by atoms with Crippen LogP contribution in [-0.2, 0) is 19.4 Å². The van der Waals surface area contributed by atoms with Gasteiger partial charge in [0.15, 0.2) is 9.84 Å². The molecule has 8 heteroatoms. The number of hydrogen-bond donors (Lipinski definition) is 2. The number of rotatable bonds is 7. The molecule has 1 unspecified atom stereocenters. The van der Waals surface area contributed by atoms with E-state index in [1.807, 2.05) is 0 Å². The zero-order valence-corrected chi connectivity index (χ0v) is 13.9. The van der Waals surface area contributed by atoms with Crippen LogP contribution in [0.5, 0.6) is 0 Å². The molecule has 0 heterocycles. The third-order valence-electron chi connectivity index (χ3n) is 3.39. The molecule has 6 nitrogen and oxygen atoms in total. The quantitative estimate of drug-likeness (QED) is 0.731. The maximum Gasteiger partial charge on any atom is 0.326 e. The van der Waals surface area contributed by atoms with E-state index >= 15 is 0 Å². The summed E-state index contributed by atoms with van der Waals surface area (Å²) in [5.74, 6) is -2.73. The number of amides is 1. The number of halogens is 1. The lowest BCUT2D eigenvalue weighted by Gasteiger charge is -2.19. The molecule has 1 aromatic carbocycles. The van der Waals surface area contributed by atoms with Gasteiger partial charge in [-0.15, -0.1) is 0 Å². The fraction of sp³-hybridized carbons (Fsp3) is 0.467. The largest absolute Gasteiger partial charge is 0.480 e. The molecule has 0 saturated heterocycles. The molecule has 23 heavy (non-hydrogen) atoms. The molecule has 1 rings (SSSR count). The maximum atomic E-state index is 12.9. The van der Waals surface area contributed by atoms with E-state index in [9.17, 15) is 22.4 Å². The summed E-state index contributed by atoms with van der Waals surface area (Å²) < 4.78 is 37.5. The Morgan fingerprint density at radius 3 is 2.13 bits per heavy atom. The van der Waals surface area contributed by atoms with E-state index in [0.29, 0.717) is 0 Å². The number of hydrogen-bond acceptors (Lipinski definition) is 4. The number of aliphatic carboxylic acids is 1. The molecule has 1 aromatic rings. The molecular formula is C15H20FNO5S. The van der Waals surface area contributed by atoms with Gasteiger partial charge in [0.2, 0.25) is 5.91 Å². The third kappa shape index (κ3) is 5.02. The van der Waals surface area contributed by atoms with Crippen molar-refractivity contribution >= 4 is 21.7 Å². The summed E-state index contributed by atoms with van der Waals surface area (Å²) >= 11 is 0. The Bertz CT molecular complexity index is 670. The van der Waals surface area contributed by atoms with Gasteiger partial charge in [0.05, 0.1) is 10.1 Å². The summed E-state index contributed by atoms with van der Waals surface area (Å²) in [4.78, 5) is 22.9. The van der Waals surface area contributed by atoms with E-state index in [0.717, 1.165) is 24.3 Å². The minimum Gasteiger partial charge on any atom is -0.480 e. The lowest BCUT2D eigenvalue weighted by atomic mass is 10.0. The van der Waals surface area contributed by atoms with Crippen LogP contribution in [0.25, 0.3) is 0 Å². The van der Waals surface area contributed by atoms with Crippen LogP contribution in [0.4, 0.5) is 4.39 Å². The number of carbonyl (C=O) groups is 2. The highest BCUT2D eigenvalue weighted by Crippen LogP contribution is 2.18. The second-order valence-electron chi connectivity index (χ2n) is 5.64. The Morgan fingerprint density at radius 1 is 1.17 bits per heavy atom. The van der Waals surface area contributed by atoms with E-state index in [-0.39, 0.29) is 17.2 Å². The highest BCUT2D eigenvalue weighted by Gasteiger charge is 2.28. The maximum absolute atomic E-state index is 12.9. The Balaban J connectivity index is 2.81. The van der Waals surface area contributed by atoms with Gasteiger partial charge in [0.1, 0.15) is 11.9 Å². The van der Waals surface area contributed by atoms with E-state index < -0.39 is 38.8 Å². The second-order valence-corrected chi connectivity index (χ2v) is 8.01. The molecule has 0 spiro atoms. The smallest absolute Gasteiger partial charge is 0.326 e. The van der Waals surface area contributed by atoms with Crippen molar-refractivity contribution in [1.82, 2.24) is 5.32 Å². The van der Waals surface area contributed by atoms with Crippen LogP contribution < -0.4 is 5.32 Å². The van der Waals surface area contributed by atoms with E-state index in [1.165, 1.54) is 6.92 Å². The average molecular weight is 345 g/mol. The lowest BCUT2D eigenvalue weighted by Crippen LogP contribution is -2.45.